The minimum Gasteiger partial charge on any atom is -0.496 e. The summed E-state index contributed by atoms with van der Waals surface area (Å²) in [5.74, 6) is 0.555. The summed E-state index contributed by atoms with van der Waals surface area (Å²) in [6.07, 6.45) is 1.73. The number of benzene rings is 2. The van der Waals surface area contributed by atoms with Crippen LogP contribution in [0.4, 0.5) is 5.69 Å². The van der Waals surface area contributed by atoms with Gasteiger partial charge in [-0.1, -0.05) is 35.9 Å². The van der Waals surface area contributed by atoms with Crippen LogP contribution in [0.2, 0.25) is 5.02 Å². The maximum atomic E-state index is 12.4. The first-order chi connectivity index (χ1) is 13.6. The molecule has 0 saturated heterocycles. The number of sulfonamides is 1. The molecule has 0 aliphatic rings. The Balaban J connectivity index is 2.01. The van der Waals surface area contributed by atoms with Gasteiger partial charge in [0, 0.05) is 23.6 Å². The Labute approximate surface area is 177 Å². The number of carbonyl (C=O) groups is 1. The highest BCUT2D eigenvalue weighted by atomic mass is 35.5. The number of nitrogens with zero attached hydrogens (tertiary/aromatic N) is 1. The number of nitrogens with one attached hydrogen (secondary N) is 1. The first kappa shape index (κ1) is 23.0. The zero-order valence-electron chi connectivity index (χ0n) is 17.1. The number of para-hydroxylation sites is 1. The molecule has 0 radical (unpaired) electrons. The second-order valence-electron chi connectivity index (χ2n) is 6.85. The Morgan fingerprint density at radius 2 is 1.90 bits per heavy atom. The molecule has 0 aromatic heterocycles. The van der Waals surface area contributed by atoms with Gasteiger partial charge in [-0.05, 0) is 44.0 Å². The van der Waals surface area contributed by atoms with Crippen LogP contribution in [0.5, 0.6) is 5.75 Å². The Morgan fingerprint density at radius 1 is 1.21 bits per heavy atom. The van der Waals surface area contributed by atoms with Gasteiger partial charge in [-0.15, -0.1) is 0 Å². The van der Waals surface area contributed by atoms with Crippen LogP contribution in [-0.4, -0.2) is 34.2 Å². The summed E-state index contributed by atoms with van der Waals surface area (Å²) in [7, 11) is -1.92. The second kappa shape index (κ2) is 9.98. The summed E-state index contributed by atoms with van der Waals surface area (Å²) in [6.45, 7) is 3.85. The first-order valence-corrected chi connectivity index (χ1v) is 11.5. The van der Waals surface area contributed by atoms with E-state index < -0.39 is 10.0 Å². The number of carbonyl (C=O) groups excluding carboxylic acids is 1. The van der Waals surface area contributed by atoms with Gasteiger partial charge in [0.25, 0.3) is 0 Å². The smallest absolute Gasteiger partial charge is 0.232 e. The number of methoxy groups -OCH3 is 1. The summed E-state index contributed by atoms with van der Waals surface area (Å²) in [5.41, 5.74) is 2.10. The second-order valence-corrected chi connectivity index (χ2v) is 9.17. The molecule has 29 heavy (non-hydrogen) atoms. The van der Waals surface area contributed by atoms with Crippen molar-refractivity contribution in [2.45, 2.75) is 32.7 Å². The highest BCUT2D eigenvalue weighted by molar-refractivity contribution is 7.92. The van der Waals surface area contributed by atoms with E-state index in [0.29, 0.717) is 28.4 Å². The zero-order chi connectivity index (χ0) is 21.6. The third-order valence-corrected chi connectivity index (χ3v) is 6.25. The summed E-state index contributed by atoms with van der Waals surface area (Å²) in [6, 6.07) is 12.4. The molecule has 0 bridgehead atoms. The Hall–Kier alpha value is -2.25. The predicted molar refractivity (Wildman–Crippen MR) is 117 cm³/mol. The zero-order valence-corrected chi connectivity index (χ0v) is 18.7. The fourth-order valence-electron chi connectivity index (χ4n) is 3.13. The molecule has 2 rings (SSSR count). The third kappa shape index (κ3) is 6.11. The number of hydrogen-bond acceptors (Lipinski definition) is 4. The molecular formula is C21H27ClN2O4S. The normalized spacial score (nSPS) is 12.3. The van der Waals surface area contributed by atoms with Gasteiger partial charge >= 0.3 is 0 Å². The number of rotatable bonds is 9. The highest BCUT2D eigenvalue weighted by Gasteiger charge is 2.21. The van der Waals surface area contributed by atoms with Crippen molar-refractivity contribution in [2.75, 3.05) is 24.2 Å². The van der Waals surface area contributed by atoms with E-state index in [1.54, 1.807) is 32.2 Å². The van der Waals surface area contributed by atoms with Gasteiger partial charge in [-0.2, -0.15) is 0 Å². The average Bonchev–Trinajstić information content (AvgIpc) is 2.66. The standard InChI is InChI=1S/C21H27ClN2O4S/c1-15-18(22)10-7-11-19(15)24(29(4,26)27)14-8-13-21(25)23-16(2)17-9-5-6-12-20(17)28-3/h5-7,9-12,16H,8,13-14H2,1-4H3,(H,23,25)/t16-/m1/s1. The van der Waals surface area contributed by atoms with Crippen LogP contribution in [0.15, 0.2) is 42.5 Å². The van der Waals surface area contributed by atoms with Gasteiger partial charge in [0.05, 0.1) is 25.1 Å². The first-order valence-electron chi connectivity index (χ1n) is 9.30. The Kier molecular flexibility index (Phi) is 7.93. The van der Waals surface area contributed by atoms with E-state index in [0.717, 1.165) is 11.8 Å². The molecule has 1 N–H and O–H groups in total. The molecule has 1 amide bonds. The van der Waals surface area contributed by atoms with Gasteiger partial charge in [0.2, 0.25) is 15.9 Å². The van der Waals surface area contributed by atoms with Crippen molar-refractivity contribution in [3.63, 3.8) is 0 Å². The summed E-state index contributed by atoms with van der Waals surface area (Å²) in [4.78, 5) is 12.4. The topological polar surface area (TPSA) is 75.7 Å². The summed E-state index contributed by atoms with van der Waals surface area (Å²) in [5, 5.41) is 3.44. The average molecular weight is 439 g/mol. The van der Waals surface area contributed by atoms with Crippen molar-refractivity contribution in [3.8, 4) is 5.75 Å². The predicted octanol–water partition coefficient (Wildman–Crippen LogP) is 4.08. The number of halogens is 1. The van der Waals surface area contributed by atoms with Crippen LogP contribution < -0.4 is 14.4 Å². The summed E-state index contributed by atoms with van der Waals surface area (Å²) >= 11 is 6.14. The van der Waals surface area contributed by atoms with Crippen LogP contribution in [0.25, 0.3) is 0 Å². The van der Waals surface area contributed by atoms with Crippen molar-refractivity contribution in [3.05, 3.63) is 58.6 Å². The van der Waals surface area contributed by atoms with E-state index in [1.807, 2.05) is 31.2 Å². The van der Waals surface area contributed by atoms with E-state index in [-0.39, 0.29) is 24.9 Å². The maximum absolute atomic E-state index is 12.4. The number of anilines is 1. The highest BCUT2D eigenvalue weighted by Crippen LogP contribution is 2.28. The SMILES string of the molecule is COc1ccccc1[C@@H](C)NC(=O)CCCN(c1cccc(Cl)c1C)S(C)(=O)=O. The van der Waals surface area contributed by atoms with Crippen LogP contribution in [-0.2, 0) is 14.8 Å². The largest absolute Gasteiger partial charge is 0.496 e. The van der Waals surface area contributed by atoms with Crippen LogP contribution in [0.1, 0.15) is 36.9 Å². The van der Waals surface area contributed by atoms with Gasteiger partial charge < -0.3 is 10.1 Å². The number of hydrogen-bond donors (Lipinski definition) is 1. The lowest BCUT2D eigenvalue weighted by molar-refractivity contribution is -0.121. The molecule has 0 heterocycles. The van der Waals surface area contributed by atoms with Crippen molar-refractivity contribution in [1.29, 1.82) is 0 Å². The molecule has 0 aliphatic heterocycles. The van der Waals surface area contributed by atoms with Gasteiger partial charge in [0.1, 0.15) is 5.75 Å². The van der Waals surface area contributed by atoms with E-state index in [1.165, 1.54) is 4.31 Å². The third-order valence-electron chi connectivity index (χ3n) is 4.66. The fraction of sp³-hybridized carbons (Fsp3) is 0.381. The van der Waals surface area contributed by atoms with Crippen LogP contribution in [0.3, 0.4) is 0 Å². The van der Waals surface area contributed by atoms with E-state index in [4.69, 9.17) is 16.3 Å². The lowest BCUT2D eigenvalue weighted by Gasteiger charge is -2.24. The quantitative estimate of drug-likeness (QED) is 0.640. The minimum atomic E-state index is -3.50. The molecule has 0 fully saturated rings. The van der Waals surface area contributed by atoms with Crippen molar-refractivity contribution < 1.29 is 17.9 Å². The van der Waals surface area contributed by atoms with Gasteiger partial charge in [0.15, 0.2) is 0 Å². The molecule has 6 nitrogen and oxygen atoms in total. The number of ether oxygens (including phenoxy) is 1. The Bertz CT molecular complexity index is 963. The van der Waals surface area contributed by atoms with Crippen LogP contribution >= 0.6 is 11.6 Å². The van der Waals surface area contributed by atoms with E-state index >= 15 is 0 Å². The molecular weight excluding hydrogens is 412 g/mol. The van der Waals surface area contributed by atoms with Crippen molar-refractivity contribution >= 4 is 33.2 Å². The van der Waals surface area contributed by atoms with Crippen molar-refractivity contribution in [1.82, 2.24) is 5.32 Å². The Morgan fingerprint density at radius 3 is 2.55 bits per heavy atom. The molecule has 8 heteroatoms. The van der Waals surface area contributed by atoms with E-state index in [9.17, 15) is 13.2 Å². The summed E-state index contributed by atoms with van der Waals surface area (Å²) < 4.78 is 31.2. The molecule has 2 aromatic rings. The molecule has 2 aromatic carbocycles. The molecule has 0 aliphatic carbocycles. The fourth-order valence-corrected chi connectivity index (χ4v) is 4.32. The van der Waals surface area contributed by atoms with Gasteiger partial charge in [-0.3, -0.25) is 9.10 Å². The lowest BCUT2D eigenvalue weighted by Crippen LogP contribution is -2.33. The van der Waals surface area contributed by atoms with Crippen LogP contribution in [0, 0.1) is 6.92 Å². The van der Waals surface area contributed by atoms with Gasteiger partial charge in [-0.25, -0.2) is 8.42 Å². The minimum absolute atomic E-state index is 0.153. The molecule has 1 atom stereocenters. The van der Waals surface area contributed by atoms with E-state index in [2.05, 4.69) is 5.32 Å². The molecule has 0 spiro atoms. The molecule has 0 unspecified atom stereocenters. The number of amides is 1. The van der Waals surface area contributed by atoms with Crippen molar-refractivity contribution in [2.24, 2.45) is 0 Å². The molecule has 0 saturated carbocycles. The molecule has 158 valence electrons. The monoisotopic (exact) mass is 438 g/mol. The maximum Gasteiger partial charge on any atom is 0.232 e. The lowest BCUT2D eigenvalue weighted by atomic mass is 10.1.